The number of oxazole rings is 1. The van der Waals surface area contributed by atoms with Crippen molar-refractivity contribution < 1.29 is 4.42 Å². The van der Waals surface area contributed by atoms with E-state index in [1.54, 1.807) is 18.4 Å². The average Bonchev–Trinajstić information content (AvgIpc) is 2.93. The highest BCUT2D eigenvalue weighted by Crippen LogP contribution is 2.27. The molecule has 0 spiro atoms. The van der Waals surface area contributed by atoms with Crippen LogP contribution >= 0.6 is 11.3 Å². The Balaban J connectivity index is 2.11. The molecule has 3 rings (SSSR count). The van der Waals surface area contributed by atoms with Crippen molar-refractivity contribution in [1.29, 1.82) is 0 Å². The molecule has 4 nitrogen and oxygen atoms in total. The van der Waals surface area contributed by atoms with Crippen molar-refractivity contribution in [3.63, 3.8) is 0 Å². The highest BCUT2D eigenvalue weighted by Gasteiger charge is 2.14. The Bertz CT molecular complexity index is 797. The molecule has 0 amide bonds. The fourth-order valence-electron chi connectivity index (χ4n) is 2.21. The predicted octanol–water partition coefficient (Wildman–Crippen LogP) is 2.55. The maximum absolute atomic E-state index is 11.5. The van der Waals surface area contributed by atoms with E-state index < -0.39 is 0 Å². The van der Waals surface area contributed by atoms with Crippen LogP contribution in [0.1, 0.15) is 22.7 Å². The lowest BCUT2D eigenvalue weighted by Crippen LogP contribution is -2.12. The molecule has 98 valence electrons. The van der Waals surface area contributed by atoms with Crippen LogP contribution < -0.4 is 11.5 Å². The van der Waals surface area contributed by atoms with E-state index in [1.165, 1.54) is 10.1 Å². The van der Waals surface area contributed by atoms with Gasteiger partial charge in [0.1, 0.15) is 0 Å². The van der Waals surface area contributed by atoms with Crippen molar-refractivity contribution in [2.75, 3.05) is 0 Å². The Kier molecular flexibility index (Phi) is 2.80. The monoisotopic (exact) mass is 274 g/mol. The van der Waals surface area contributed by atoms with Gasteiger partial charge in [0.05, 0.1) is 11.6 Å². The van der Waals surface area contributed by atoms with Crippen LogP contribution in [0.25, 0.3) is 11.1 Å². The summed E-state index contributed by atoms with van der Waals surface area (Å²) in [5.74, 6) is -0.354. The molecule has 2 aromatic heterocycles. The highest BCUT2D eigenvalue weighted by molar-refractivity contribution is 7.08. The van der Waals surface area contributed by atoms with Crippen molar-refractivity contribution in [3.8, 4) is 0 Å². The minimum absolute atomic E-state index is 0.193. The summed E-state index contributed by atoms with van der Waals surface area (Å²) in [4.78, 5) is 11.5. The van der Waals surface area contributed by atoms with Gasteiger partial charge in [-0.1, -0.05) is 6.07 Å². The molecule has 2 N–H and O–H groups in total. The quantitative estimate of drug-likeness (QED) is 0.781. The van der Waals surface area contributed by atoms with E-state index in [4.69, 9.17) is 10.2 Å². The summed E-state index contributed by atoms with van der Waals surface area (Å²) in [6.45, 7) is 2.05. The second kappa shape index (κ2) is 4.36. The smallest absolute Gasteiger partial charge is 0.408 e. The molecule has 0 saturated heterocycles. The summed E-state index contributed by atoms with van der Waals surface area (Å²) < 4.78 is 6.68. The standard InChI is InChI=1S/C14H14N2O2S/c1-8-6-19-7-10(8)13(15)9-3-4-11-12(5-9)18-14(17)16(11)2/h3-7,13H,15H2,1-2H3. The van der Waals surface area contributed by atoms with Gasteiger partial charge in [0, 0.05) is 7.05 Å². The molecule has 19 heavy (non-hydrogen) atoms. The number of hydrogen-bond acceptors (Lipinski definition) is 4. The number of rotatable bonds is 2. The van der Waals surface area contributed by atoms with Gasteiger partial charge in [0.15, 0.2) is 5.58 Å². The normalized spacial score (nSPS) is 13.0. The Morgan fingerprint density at radius 1 is 1.37 bits per heavy atom. The van der Waals surface area contributed by atoms with Crippen molar-refractivity contribution >= 4 is 22.4 Å². The van der Waals surface area contributed by atoms with Gasteiger partial charge >= 0.3 is 5.76 Å². The van der Waals surface area contributed by atoms with Crippen molar-refractivity contribution in [2.45, 2.75) is 13.0 Å². The molecule has 0 radical (unpaired) electrons. The zero-order valence-electron chi connectivity index (χ0n) is 10.7. The average molecular weight is 274 g/mol. The molecular weight excluding hydrogens is 260 g/mol. The van der Waals surface area contributed by atoms with Gasteiger partial charge in [-0.15, -0.1) is 0 Å². The maximum Gasteiger partial charge on any atom is 0.419 e. The van der Waals surface area contributed by atoms with Gasteiger partial charge in [-0.25, -0.2) is 4.79 Å². The lowest BCUT2D eigenvalue weighted by atomic mass is 9.99. The van der Waals surface area contributed by atoms with Gasteiger partial charge < -0.3 is 10.2 Å². The largest absolute Gasteiger partial charge is 0.419 e. The number of nitrogens with zero attached hydrogens (tertiary/aromatic N) is 1. The lowest BCUT2D eigenvalue weighted by molar-refractivity contribution is 0.527. The first-order valence-corrected chi connectivity index (χ1v) is 6.90. The van der Waals surface area contributed by atoms with Crippen LogP contribution in [0.2, 0.25) is 0 Å². The summed E-state index contributed by atoms with van der Waals surface area (Å²) in [6, 6.07) is 5.47. The van der Waals surface area contributed by atoms with Gasteiger partial charge in [0.2, 0.25) is 0 Å². The van der Waals surface area contributed by atoms with E-state index in [9.17, 15) is 4.79 Å². The van der Waals surface area contributed by atoms with Crippen LogP contribution in [0, 0.1) is 6.92 Å². The SMILES string of the molecule is Cc1cscc1C(N)c1ccc2c(c1)oc(=O)n2C. The highest BCUT2D eigenvalue weighted by atomic mass is 32.1. The summed E-state index contributed by atoms with van der Waals surface area (Å²) in [7, 11) is 1.69. The molecule has 0 aliphatic rings. The minimum atomic E-state index is -0.354. The van der Waals surface area contributed by atoms with Crippen molar-refractivity contribution in [3.05, 3.63) is 56.2 Å². The summed E-state index contributed by atoms with van der Waals surface area (Å²) >= 11 is 1.64. The number of hydrogen-bond donors (Lipinski definition) is 1. The Morgan fingerprint density at radius 2 is 2.16 bits per heavy atom. The third-order valence-corrected chi connectivity index (χ3v) is 4.29. The molecule has 1 aromatic carbocycles. The molecule has 0 aliphatic carbocycles. The molecular formula is C14H14N2O2S. The number of benzene rings is 1. The van der Waals surface area contributed by atoms with E-state index in [1.807, 2.05) is 25.1 Å². The van der Waals surface area contributed by atoms with Gasteiger partial charge in [0.25, 0.3) is 0 Å². The van der Waals surface area contributed by atoms with Gasteiger partial charge in [-0.05, 0) is 46.5 Å². The van der Waals surface area contributed by atoms with Crippen LogP contribution in [0.15, 0.2) is 38.2 Å². The third-order valence-electron chi connectivity index (χ3n) is 3.41. The lowest BCUT2D eigenvalue weighted by Gasteiger charge is -2.11. The molecule has 1 unspecified atom stereocenters. The van der Waals surface area contributed by atoms with Crippen LogP contribution in [0.5, 0.6) is 0 Å². The minimum Gasteiger partial charge on any atom is -0.408 e. The summed E-state index contributed by atoms with van der Waals surface area (Å²) in [5, 5.41) is 4.14. The zero-order chi connectivity index (χ0) is 13.6. The van der Waals surface area contributed by atoms with Gasteiger partial charge in [-0.2, -0.15) is 11.3 Å². The second-order valence-corrected chi connectivity index (χ2v) is 5.39. The van der Waals surface area contributed by atoms with E-state index in [-0.39, 0.29) is 11.8 Å². The molecule has 0 saturated carbocycles. The van der Waals surface area contributed by atoms with E-state index >= 15 is 0 Å². The molecule has 3 aromatic rings. The summed E-state index contributed by atoms with van der Waals surface area (Å²) in [6.07, 6.45) is 0. The summed E-state index contributed by atoms with van der Waals surface area (Å²) in [5.41, 5.74) is 10.9. The van der Waals surface area contributed by atoms with Crippen LogP contribution in [-0.4, -0.2) is 4.57 Å². The van der Waals surface area contributed by atoms with Crippen molar-refractivity contribution in [2.24, 2.45) is 12.8 Å². The third kappa shape index (κ3) is 1.91. The molecule has 0 bridgehead atoms. The molecule has 5 heteroatoms. The first-order chi connectivity index (χ1) is 9.08. The maximum atomic E-state index is 11.5. The fourth-order valence-corrected chi connectivity index (χ4v) is 3.10. The first kappa shape index (κ1) is 12.2. The van der Waals surface area contributed by atoms with Crippen LogP contribution in [-0.2, 0) is 7.05 Å². The number of fused-ring (bicyclic) bond motifs is 1. The van der Waals surface area contributed by atoms with Crippen molar-refractivity contribution in [1.82, 2.24) is 4.57 Å². The zero-order valence-corrected chi connectivity index (χ0v) is 11.5. The molecule has 2 heterocycles. The molecule has 1 atom stereocenters. The van der Waals surface area contributed by atoms with E-state index in [0.717, 1.165) is 16.6 Å². The Hall–Kier alpha value is -1.85. The Morgan fingerprint density at radius 3 is 2.84 bits per heavy atom. The molecule has 0 aliphatic heterocycles. The topological polar surface area (TPSA) is 61.2 Å². The van der Waals surface area contributed by atoms with Crippen LogP contribution in [0.3, 0.4) is 0 Å². The number of aromatic nitrogens is 1. The predicted molar refractivity (Wildman–Crippen MR) is 76.5 cm³/mol. The first-order valence-electron chi connectivity index (χ1n) is 5.95. The van der Waals surface area contributed by atoms with E-state index in [2.05, 4.69) is 10.8 Å². The second-order valence-electron chi connectivity index (χ2n) is 4.64. The molecule has 0 fully saturated rings. The van der Waals surface area contributed by atoms with Crippen LogP contribution in [0.4, 0.5) is 0 Å². The van der Waals surface area contributed by atoms with Gasteiger partial charge in [-0.3, -0.25) is 4.57 Å². The number of thiophene rings is 1. The van der Waals surface area contributed by atoms with E-state index in [0.29, 0.717) is 5.58 Å². The number of aryl methyl sites for hydroxylation is 2. The Labute approximate surface area is 114 Å². The fraction of sp³-hybridized carbons (Fsp3) is 0.214. The number of nitrogens with two attached hydrogens (primary N) is 1.